The highest BCUT2D eigenvalue weighted by molar-refractivity contribution is 5.76. The van der Waals surface area contributed by atoms with Crippen LogP contribution in [-0.4, -0.2) is 22.5 Å². The van der Waals surface area contributed by atoms with Gasteiger partial charge in [-0.05, 0) is 35.4 Å². The van der Waals surface area contributed by atoms with Crippen LogP contribution < -0.4 is 4.74 Å². The Kier molecular flexibility index (Phi) is 5.17. The van der Waals surface area contributed by atoms with E-state index >= 15 is 0 Å². The number of alkyl halides is 6. The van der Waals surface area contributed by atoms with Crippen LogP contribution >= 0.6 is 0 Å². The lowest BCUT2D eigenvalue weighted by Crippen LogP contribution is -2.17. The number of carbonyl (C=O) groups is 1. The van der Waals surface area contributed by atoms with E-state index in [4.69, 9.17) is 5.11 Å². The zero-order valence-electron chi connectivity index (χ0n) is 12.6. The van der Waals surface area contributed by atoms with E-state index in [0.717, 1.165) is 24.3 Å². The molecule has 0 radical (unpaired) electrons. The molecular formula is C16H10F6O4. The van der Waals surface area contributed by atoms with Crippen molar-refractivity contribution in [3.05, 3.63) is 53.6 Å². The van der Waals surface area contributed by atoms with Crippen molar-refractivity contribution in [3.63, 3.8) is 0 Å². The molecule has 0 aliphatic rings. The minimum absolute atomic E-state index is 0.0269. The van der Waals surface area contributed by atoms with Crippen LogP contribution in [0.3, 0.4) is 0 Å². The second-order valence-electron chi connectivity index (χ2n) is 5.12. The Morgan fingerprint density at radius 1 is 0.962 bits per heavy atom. The number of carboxylic acid groups (broad SMARTS) is 1. The van der Waals surface area contributed by atoms with Gasteiger partial charge >= 0.3 is 18.5 Å². The van der Waals surface area contributed by atoms with Crippen molar-refractivity contribution in [2.75, 3.05) is 0 Å². The molecule has 26 heavy (non-hydrogen) atoms. The zero-order valence-corrected chi connectivity index (χ0v) is 12.6. The van der Waals surface area contributed by atoms with Crippen molar-refractivity contribution >= 4 is 5.97 Å². The molecule has 1 unspecified atom stereocenters. The Morgan fingerprint density at radius 2 is 1.58 bits per heavy atom. The van der Waals surface area contributed by atoms with Crippen LogP contribution in [0.25, 0.3) is 11.1 Å². The van der Waals surface area contributed by atoms with Crippen LogP contribution in [0, 0.1) is 0 Å². The van der Waals surface area contributed by atoms with Gasteiger partial charge in [-0.3, -0.25) is 0 Å². The molecule has 2 rings (SSSR count). The highest BCUT2D eigenvalue weighted by Crippen LogP contribution is 2.37. The summed E-state index contributed by atoms with van der Waals surface area (Å²) in [6.07, 6.45) is -12.3. The van der Waals surface area contributed by atoms with Gasteiger partial charge < -0.3 is 14.9 Å². The smallest absolute Gasteiger partial charge is 0.479 e. The third-order valence-corrected chi connectivity index (χ3v) is 3.29. The van der Waals surface area contributed by atoms with Crippen molar-refractivity contribution in [1.29, 1.82) is 0 Å². The number of halogens is 6. The first-order chi connectivity index (χ1) is 11.9. The second-order valence-corrected chi connectivity index (χ2v) is 5.12. The lowest BCUT2D eigenvalue weighted by atomic mass is 9.95. The largest absolute Gasteiger partial charge is 0.573 e. The van der Waals surface area contributed by atoms with Crippen molar-refractivity contribution < 1.29 is 46.1 Å². The minimum Gasteiger partial charge on any atom is -0.479 e. The summed E-state index contributed by atoms with van der Waals surface area (Å²) in [5.41, 5.74) is -2.27. The molecule has 0 heterocycles. The Bertz CT molecular complexity index is 813. The number of rotatable bonds is 4. The van der Waals surface area contributed by atoms with Crippen LogP contribution in [0.2, 0.25) is 0 Å². The molecule has 0 spiro atoms. The Labute approximate surface area is 142 Å². The number of aliphatic carboxylic acids is 1. The molecule has 10 heteroatoms. The van der Waals surface area contributed by atoms with E-state index in [2.05, 4.69) is 4.74 Å². The highest BCUT2D eigenvalue weighted by atomic mass is 19.4. The summed E-state index contributed by atoms with van der Waals surface area (Å²) in [5.74, 6) is -2.50. The molecule has 0 saturated carbocycles. The number of aliphatic hydroxyl groups excluding tert-OH is 1. The van der Waals surface area contributed by atoms with E-state index in [1.165, 1.54) is 12.1 Å². The summed E-state index contributed by atoms with van der Waals surface area (Å²) < 4.78 is 79.6. The number of ether oxygens (including phenoxy) is 1. The second kappa shape index (κ2) is 6.87. The monoisotopic (exact) mass is 380 g/mol. The van der Waals surface area contributed by atoms with Gasteiger partial charge in [0.1, 0.15) is 5.75 Å². The van der Waals surface area contributed by atoms with E-state index in [-0.39, 0.29) is 11.1 Å². The van der Waals surface area contributed by atoms with Crippen molar-refractivity contribution in [2.45, 2.75) is 18.6 Å². The summed E-state index contributed by atoms with van der Waals surface area (Å²) >= 11 is 0. The van der Waals surface area contributed by atoms with Crippen LogP contribution in [-0.2, 0) is 11.0 Å². The van der Waals surface area contributed by atoms with E-state index in [1.54, 1.807) is 0 Å². The van der Waals surface area contributed by atoms with E-state index in [1.807, 2.05) is 0 Å². The van der Waals surface area contributed by atoms with Crippen LogP contribution in [0.4, 0.5) is 26.3 Å². The third kappa shape index (κ3) is 4.66. The van der Waals surface area contributed by atoms with E-state index in [9.17, 15) is 36.2 Å². The molecule has 1 atom stereocenters. The standard InChI is InChI=1S/C16H10F6O4/c17-15(18,19)12-5-4-9(7-11(12)13(23)14(24)25)8-2-1-3-10(6-8)26-16(20,21)22/h1-7,13,23H,(H,24,25). The Morgan fingerprint density at radius 3 is 2.12 bits per heavy atom. The molecular weight excluding hydrogens is 370 g/mol. The number of carboxylic acids is 1. The van der Waals surface area contributed by atoms with Gasteiger partial charge in [-0.15, -0.1) is 13.2 Å². The first-order valence-corrected chi connectivity index (χ1v) is 6.86. The van der Waals surface area contributed by atoms with E-state index in [0.29, 0.717) is 6.07 Å². The van der Waals surface area contributed by atoms with Gasteiger partial charge in [-0.25, -0.2) is 4.79 Å². The average Bonchev–Trinajstić information content (AvgIpc) is 2.51. The van der Waals surface area contributed by atoms with Gasteiger partial charge in [0.05, 0.1) is 5.56 Å². The maximum atomic E-state index is 13.0. The normalized spacial score (nSPS) is 13.3. The van der Waals surface area contributed by atoms with Gasteiger partial charge in [0.2, 0.25) is 0 Å². The van der Waals surface area contributed by atoms with Gasteiger partial charge in [-0.2, -0.15) is 13.2 Å². The van der Waals surface area contributed by atoms with Gasteiger partial charge in [0, 0.05) is 5.56 Å². The molecule has 2 aromatic rings. The lowest BCUT2D eigenvalue weighted by Gasteiger charge is -2.17. The van der Waals surface area contributed by atoms with Gasteiger partial charge in [0.15, 0.2) is 6.10 Å². The predicted octanol–water partition coefficient (Wildman–Crippen LogP) is 4.39. The zero-order chi connectivity index (χ0) is 19.7. The number of benzene rings is 2. The molecule has 0 aliphatic heterocycles. The first kappa shape index (κ1) is 19.6. The van der Waals surface area contributed by atoms with Crippen LogP contribution in [0.1, 0.15) is 17.2 Å². The fourth-order valence-corrected chi connectivity index (χ4v) is 2.23. The molecule has 0 aliphatic carbocycles. The summed E-state index contributed by atoms with van der Waals surface area (Å²) in [7, 11) is 0. The first-order valence-electron chi connectivity index (χ1n) is 6.86. The fourth-order valence-electron chi connectivity index (χ4n) is 2.23. The maximum Gasteiger partial charge on any atom is 0.573 e. The number of hydrogen-bond acceptors (Lipinski definition) is 3. The SMILES string of the molecule is O=C(O)C(O)c1cc(-c2cccc(OC(F)(F)F)c2)ccc1C(F)(F)F. The van der Waals surface area contributed by atoms with Gasteiger partial charge in [0.25, 0.3) is 0 Å². The quantitative estimate of drug-likeness (QED) is 0.773. The van der Waals surface area contributed by atoms with Crippen molar-refractivity contribution in [1.82, 2.24) is 0 Å². The number of hydrogen-bond donors (Lipinski definition) is 2. The lowest BCUT2D eigenvalue weighted by molar-refractivity contribution is -0.274. The predicted molar refractivity (Wildman–Crippen MR) is 76.2 cm³/mol. The molecule has 4 nitrogen and oxygen atoms in total. The summed E-state index contributed by atoms with van der Waals surface area (Å²) in [6.45, 7) is 0. The van der Waals surface area contributed by atoms with Crippen LogP contribution in [0.15, 0.2) is 42.5 Å². The molecule has 0 bridgehead atoms. The summed E-state index contributed by atoms with van der Waals surface area (Å²) in [6, 6.07) is 6.65. The maximum absolute atomic E-state index is 13.0. The average molecular weight is 380 g/mol. The molecule has 2 N–H and O–H groups in total. The summed E-state index contributed by atoms with van der Waals surface area (Å²) in [5, 5.41) is 18.3. The highest BCUT2D eigenvalue weighted by Gasteiger charge is 2.37. The van der Waals surface area contributed by atoms with Gasteiger partial charge in [-0.1, -0.05) is 18.2 Å². The third-order valence-electron chi connectivity index (χ3n) is 3.29. The van der Waals surface area contributed by atoms with Crippen molar-refractivity contribution in [2.24, 2.45) is 0 Å². The fraction of sp³-hybridized carbons (Fsp3) is 0.188. The van der Waals surface area contributed by atoms with E-state index < -0.39 is 41.5 Å². The topological polar surface area (TPSA) is 66.8 Å². The minimum atomic E-state index is -4.95. The Hall–Kier alpha value is -2.75. The van der Waals surface area contributed by atoms with Crippen molar-refractivity contribution in [3.8, 4) is 16.9 Å². The molecule has 0 saturated heterocycles. The Balaban J connectivity index is 2.53. The molecule has 0 fully saturated rings. The van der Waals surface area contributed by atoms with Crippen LogP contribution in [0.5, 0.6) is 5.75 Å². The molecule has 140 valence electrons. The molecule has 2 aromatic carbocycles. The molecule has 0 amide bonds. The number of aliphatic hydroxyl groups is 1. The molecule has 0 aromatic heterocycles. The summed E-state index contributed by atoms with van der Waals surface area (Å²) in [4.78, 5) is 10.9.